The molecular formula is C30H36BrF2N3O. The lowest BCUT2D eigenvalue weighted by Gasteiger charge is -2.28. The molecule has 1 aliphatic heterocycles. The number of carbonyl (C=O) groups excluding carboxylic acids is 1. The van der Waals surface area contributed by atoms with Crippen LogP contribution in [0.4, 0.5) is 8.78 Å². The summed E-state index contributed by atoms with van der Waals surface area (Å²) >= 11 is 3.64. The number of hydrogen-bond acceptors (Lipinski definition) is 2. The van der Waals surface area contributed by atoms with Crippen molar-refractivity contribution in [3.63, 3.8) is 0 Å². The molecule has 3 aromatic rings. The van der Waals surface area contributed by atoms with E-state index < -0.39 is 5.92 Å². The minimum atomic E-state index is -2.52. The van der Waals surface area contributed by atoms with Crippen molar-refractivity contribution < 1.29 is 13.6 Å². The Labute approximate surface area is 226 Å². The molecule has 0 radical (unpaired) electrons. The number of nitrogens with one attached hydrogen (secondary N) is 2. The van der Waals surface area contributed by atoms with E-state index in [0.717, 1.165) is 64.5 Å². The number of rotatable bonds is 7. The molecule has 2 aliphatic rings. The summed E-state index contributed by atoms with van der Waals surface area (Å²) in [5.41, 5.74) is 4.49. The van der Waals surface area contributed by atoms with Gasteiger partial charge in [0.05, 0.1) is 0 Å². The van der Waals surface area contributed by atoms with Crippen molar-refractivity contribution in [3.8, 4) is 0 Å². The van der Waals surface area contributed by atoms with E-state index in [-0.39, 0.29) is 36.6 Å². The van der Waals surface area contributed by atoms with Gasteiger partial charge in [-0.25, -0.2) is 8.78 Å². The van der Waals surface area contributed by atoms with Crippen molar-refractivity contribution in [2.24, 2.45) is 5.92 Å². The second-order valence-electron chi connectivity index (χ2n) is 11.0. The molecule has 1 atom stereocenters. The lowest BCUT2D eigenvalue weighted by Crippen LogP contribution is -2.43. The number of hydrogen-bond donors (Lipinski definition) is 2. The molecular weight excluding hydrogens is 536 g/mol. The van der Waals surface area contributed by atoms with Crippen molar-refractivity contribution in [1.29, 1.82) is 0 Å². The number of aromatic nitrogens is 1. The van der Waals surface area contributed by atoms with Crippen LogP contribution in [-0.4, -0.2) is 35.5 Å². The highest BCUT2D eigenvalue weighted by Gasteiger charge is 2.35. The number of alkyl halides is 2. The Morgan fingerprint density at radius 3 is 2.62 bits per heavy atom. The van der Waals surface area contributed by atoms with Crippen LogP contribution >= 0.6 is 15.9 Å². The lowest BCUT2D eigenvalue weighted by atomic mass is 9.86. The molecule has 5 rings (SSSR count). The van der Waals surface area contributed by atoms with Crippen LogP contribution in [0.3, 0.4) is 0 Å². The van der Waals surface area contributed by atoms with Crippen LogP contribution in [0.5, 0.6) is 0 Å². The first-order valence-corrected chi connectivity index (χ1v) is 14.3. The smallest absolute Gasteiger partial charge is 0.248 e. The van der Waals surface area contributed by atoms with Crippen LogP contribution in [-0.2, 0) is 11.3 Å². The number of nitrogens with zero attached hydrogens (tertiary/aromatic N) is 1. The Kier molecular flexibility index (Phi) is 8.01. The minimum absolute atomic E-state index is 0.0297. The summed E-state index contributed by atoms with van der Waals surface area (Å²) in [6, 6.07) is 14.9. The Hall–Kier alpha value is -2.25. The van der Waals surface area contributed by atoms with Gasteiger partial charge in [-0.15, -0.1) is 0 Å². The van der Waals surface area contributed by atoms with E-state index in [0.29, 0.717) is 19.3 Å². The predicted octanol–water partition coefficient (Wildman–Crippen LogP) is 6.93. The highest BCUT2D eigenvalue weighted by atomic mass is 79.9. The number of fused-ring (bicyclic) bond motifs is 1. The molecule has 0 spiro atoms. The summed E-state index contributed by atoms with van der Waals surface area (Å²) < 4.78 is 30.8. The molecule has 37 heavy (non-hydrogen) atoms. The fraction of sp³-hybridized carbons (Fsp3) is 0.500. The third-order valence-electron chi connectivity index (χ3n) is 8.08. The molecule has 1 aliphatic carbocycles. The summed E-state index contributed by atoms with van der Waals surface area (Å²) in [5.74, 6) is -2.32. The second kappa shape index (κ2) is 11.2. The maximum absolute atomic E-state index is 13.8. The number of benzene rings is 2. The second-order valence-corrected chi connectivity index (χ2v) is 11.9. The van der Waals surface area contributed by atoms with Gasteiger partial charge in [-0.2, -0.15) is 0 Å². The number of halogens is 3. The Balaban J connectivity index is 1.48. The van der Waals surface area contributed by atoms with Gasteiger partial charge in [-0.3, -0.25) is 4.79 Å². The van der Waals surface area contributed by atoms with Crippen molar-refractivity contribution >= 4 is 32.7 Å². The van der Waals surface area contributed by atoms with Crippen LogP contribution in [0.2, 0.25) is 0 Å². The molecule has 1 saturated carbocycles. The fourth-order valence-electron chi connectivity index (χ4n) is 6.02. The van der Waals surface area contributed by atoms with Crippen LogP contribution in [0.1, 0.15) is 67.6 Å². The van der Waals surface area contributed by atoms with Gasteiger partial charge >= 0.3 is 0 Å². The predicted molar refractivity (Wildman–Crippen MR) is 148 cm³/mol. The largest absolute Gasteiger partial charge is 0.353 e. The van der Waals surface area contributed by atoms with E-state index >= 15 is 0 Å². The average molecular weight is 573 g/mol. The fourth-order valence-corrected chi connectivity index (χ4v) is 6.38. The number of carbonyl (C=O) groups is 1. The van der Waals surface area contributed by atoms with Gasteiger partial charge in [0.2, 0.25) is 11.8 Å². The Morgan fingerprint density at radius 2 is 1.89 bits per heavy atom. The first-order valence-electron chi connectivity index (χ1n) is 13.5. The number of amides is 1. The molecule has 1 aromatic heterocycles. The molecule has 4 nitrogen and oxygen atoms in total. The van der Waals surface area contributed by atoms with Gasteiger partial charge in [0.15, 0.2) is 0 Å². The van der Waals surface area contributed by atoms with Gasteiger partial charge in [0, 0.05) is 59.3 Å². The summed E-state index contributed by atoms with van der Waals surface area (Å²) in [7, 11) is 0. The summed E-state index contributed by atoms with van der Waals surface area (Å²) in [4.78, 5) is 13.3. The zero-order chi connectivity index (χ0) is 26.0. The summed E-state index contributed by atoms with van der Waals surface area (Å²) in [6.45, 7) is 4.66. The van der Waals surface area contributed by atoms with Crippen LogP contribution in [0, 0.1) is 12.8 Å². The van der Waals surface area contributed by atoms with E-state index in [1.165, 1.54) is 0 Å². The van der Waals surface area contributed by atoms with Crippen molar-refractivity contribution in [2.45, 2.75) is 76.3 Å². The quantitative estimate of drug-likeness (QED) is 0.323. The summed E-state index contributed by atoms with van der Waals surface area (Å²) in [5, 5.41) is 7.74. The lowest BCUT2D eigenvalue weighted by molar-refractivity contribution is -0.122. The van der Waals surface area contributed by atoms with E-state index in [4.69, 9.17) is 0 Å². The molecule has 7 heteroatoms. The first-order chi connectivity index (χ1) is 17.8. The van der Waals surface area contributed by atoms with Crippen molar-refractivity contribution in [3.05, 3.63) is 69.8 Å². The SMILES string of the molecule is Cc1cccc(C(CC(=O)NC2CCNCC2)c2cn(CC3CCC(F)(F)CC3)c3ccc(Br)cc23)c1. The average Bonchev–Trinajstić information content (AvgIpc) is 3.21. The maximum atomic E-state index is 13.8. The van der Waals surface area contributed by atoms with E-state index in [2.05, 4.69) is 80.6 Å². The van der Waals surface area contributed by atoms with Gasteiger partial charge in [0.1, 0.15) is 0 Å². The molecule has 1 saturated heterocycles. The van der Waals surface area contributed by atoms with Gasteiger partial charge in [-0.1, -0.05) is 45.8 Å². The molecule has 2 aromatic carbocycles. The van der Waals surface area contributed by atoms with Gasteiger partial charge in [-0.05, 0) is 80.9 Å². The zero-order valence-corrected chi connectivity index (χ0v) is 23.0. The van der Waals surface area contributed by atoms with E-state index in [1.807, 2.05) is 6.07 Å². The van der Waals surface area contributed by atoms with Gasteiger partial charge < -0.3 is 15.2 Å². The molecule has 198 valence electrons. The number of piperidine rings is 1. The van der Waals surface area contributed by atoms with Crippen LogP contribution in [0.25, 0.3) is 10.9 Å². The van der Waals surface area contributed by atoms with Crippen molar-refractivity contribution in [1.82, 2.24) is 15.2 Å². The monoisotopic (exact) mass is 571 g/mol. The van der Waals surface area contributed by atoms with Crippen LogP contribution < -0.4 is 10.6 Å². The molecule has 1 unspecified atom stereocenters. The standard InChI is InChI=1S/C30H36BrF2N3O/c1-20-3-2-4-22(15-20)25(17-29(37)35-24-9-13-34-14-10-24)27-19-36(28-6-5-23(31)16-26(27)28)18-21-7-11-30(32,33)12-8-21/h2-6,15-16,19,21,24-25,34H,7-14,17-18H2,1H3,(H,35,37). The van der Waals surface area contributed by atoms with E-state index in [1.54, 1.807) is 0 Å². The minimum Gasteiger partial charge on any atom is -0.353 e. The topological polar surface area (TPSA) is 46.1 Å². The summed E-state index contributed by atoms with van der Waals surface area (Å²) in [6.07, 6.45) is 5.47. The highest BCUT2D eigenvalue weighted by Crippen LogP contribution is 2.40. The third kappa shape index (κ3) is 6.43. The zero-order valence-electron chi connectivity index (χ0n) is 21.4. The van der Waals surface area contributed by atoms with E-state index in [9.17, 15) is 13.6 Å². The molecule has 2 fully saturated rings. The normalized spacial score (nSPS) is 19.7. The molecule has 2 heterocycles. The highest BCUT2D eigenvalue weighted by molar-refractivity contribution is 9.10. The van der Waals surface area contributed by atoms with Crippen LogP contribution in [0.15, 0.2) is 53.1 Å². The van der Waals surface area contributed by atoms with Crippen molar-refractivity contribution in [2.75, 3.05) is 13.1 Å². The maximum Gasteiger partial charge on any atom is 0.248 e. The Morgan fingerprint density at radius 1 is 1.14 bits per heavy atom. The molecule has 2 N–H and O–H groups in total. The number of aryl methyl sites for hydroxylation is 1. The Bertz CT molecular complexity index is 1240. The molecule has 1 amide bonds. The van der Waals surface area contributed by atoms with Gasteiger partial charge in [0.25, 0.3) is 0 Å². The molecule has 0 bridgehead atoms. The first kappa shape index (κ1) is 26.4. The third-order valence-corrected chi connectivity index (χ3v) is 8.57.